The van der Waals surface area contributed by atoms with Crippen LogP contribution in [0, 0.1) is 5.92 Å². The number of nitrogens with zero attached hydrogens (tertiary/aromatic N) is 1. The molecule has 0 bridgehead atoms. The van der Waals surface area contributed by atoms with Crippen molar-refractivity contribution in [2.75, 3.05) is 37.7 Å². The summed E-state index contributed by atoms with van der Waals surface area (Å²) in [5, 5.41) is 3.80. The van der Waals surface area contributed by atoms with Crippen molar-refractivity contribution in [1.29, 1.82) is 0 Å². The van der Waals surface area contributed by atoms with Gasteiger partial charge in [-0.05, 0) is 69.7 Å². The van der Waals surface area contributed by atoms with E-state index in [0.29, 0.717) is 5.54 Å². The number of hydrogen-bond acceptors (Lipinski definition) is 3. The molecule has 0 radical (unpaired) electrons. The van der Waals surface area contributed by atoms with Crippen LogP contribution < -0.4 is 5.32 Å². The number of thioether (sulfide) groups is 1. The summed E-state index contributed by atoms with van der Waals surface area (Å²) in [6.45, 7) is 9.79. The molecule has 1 saturated carbocycles. The minimum absolute atomic E-state index is 0.411. The van der Waals surface area contributed by atoms with Gasteiger partial charge in [0, 0.05) is 12.1 Å². The third kappa shape index (κ3) is 4.15. The molecule has 0 amide bonds. The first kappa shape index (κ1) is 13.7. The molecular formula is C14H28N2S. The van der Waals surface area contributed by atoms with E-state index < -0.39 is 0 Å². The predicted octanol–water partition coefficient (Wildman–Crippen LogP) is 2.59. The lowest BCUT2D eigenvalue weighted by Crippen LogP contribution is -2.51. The van der Waals surface area contributed by atoms with E-state index in [1.54, 1.807) is 0 Å². The molecule has 1 aliphatic heterocycles. The highest BCUT2D eigenvalue weighted by Gasteiger charge is 2.42. The lowest BCUT2D eigenvalue weighted by Gasteiger charge is -2.34. The topological polar surface area (TPSA) is 15.3 Å². The van der Waals surface area contributed by atoms with Crippen molar-refractivity contribution >= 4 is 11.8 Å². The molecule has 1 unspecified atom stereocenters. The average molecular weight is 256 g/mol. The van der Waals surface area contributed by atoms with Gasteiger partial charge in [-0.25, -0.2) is 0 Å². The van der Waals surface area contributed by atoms with Crippen LogP contribution in [0.15, 0.2) is 0 Å². The van der Waals surface area contributed by atoms with E-state index in [9.17, 15) is 0 Å². The highest BCUT2D eigenvalue weighted by molar-refractivity contribution is 7.99. The Morgan fingerprint density at radius 2 is 2.24 bits per heavy atom. The quantitative estimate of drug-likeness (QED) is 0.736. The van der Waals surface area contributed by atoms with Crippen LogP contribution in [-0.4, -0.2) is 48.1 Å². The van der Waals surface area contributed by atoms with Gasteiger partial charge in [0.25, 0.3) is 0 Å². The summed E-state index contributed by atoms with van der Waals surface area (Å²) in [6.07, 6.45) is 5.58. The van der Waals surface area contributed by atoms with Crippen LogP contribution in [0.5, 0.6) is 0 Å². The standard InChI is InChI=1S/C14H28N2S/c1-3-17-11-5-10-16-9-4-8-15-14(2,12-16)13-6-7-13/h13,15H,3-12H2,1-2H3. The molecule has 2 rings (SSSR count). The Kier molecular flexibility index (Phi) is 5.19. The molecule has 3 heteroatoms. The zero-order valence-electron chi connectivity index (χ0n) is 11.5. The van der Waals surface area contributed by atoms with Gasteiger partial charge in [0.05, 0.1) is 0 Å². The van der Waals surface area contributed by atoms with Gasteiger partial charge in [-0.1, -0.05) is 6.92 Å². The summed E-state index contributed by atoms with van der Waals surface area (Å²) in [5.74, 6) is 3.55. The van der Waals surface area contributed by atoms with Crippen LogP contribution in [0.2, 0.25) is 0 Å². The minimum Gasteiger partial charge on any atom is -0.310 e. The van der Waals surface area contributed by atoms with Gasteiger partial charge >= 0.3 is 0 Å². The molecular weight excluding hydrogens is 228 g/mol. The van der Waals surface area contributed by atoms with Gasteiger partial charge in [0.2, 0.25) is 0 Å². The Balaban J connectivity index is 1.76. The summed E-state index contributed by atoms with van der Waals surface area (Å²) in [5.41, 5.74) is 0.411. The first-order valence-corrected chi connectivity index (χ1v) is 8.45. The molecule has 0 spiro atoms. The summed E-state index contributed by atoms with van der Waals surface area (Å²) >= 11 is 2.08. The van der Waals surface area contributed by atoms with E-state index in [1.807, 2.05) is 0 Å². The first-order chi connectivity index (χ1) is 8.24. The molecule has 2 fully saturated rings. The van der Waals surface area contributed by atoms with E-state index >= 15 is 0 Å². The smallest absolute Gasteiger partial charge is 0.0308 e. The molecule has 1 saturated heterocycles. The fourth-order valence-electron chi connectivity index (χ4n) is 3.00. The normalized spacial score (nSPS) is 31.4. The molecule has 100 valence electrons. The highest BCUT2D eigenvalue weighted by atomic mass is 32.2. The van der Waals surface area contributed by atoms with Crippen molar-refractivity contribution in [2.45, 2.75) is 45.1 Å². The van der Waals surface area contributed by atoms with Crippen LogP contribution in [0.1, 0.15) is 39.5 Å². The maximum absolute atomic E-state index is 3.80. The van der Waals surface area contributed by atoms with Gasteiger partial charge < -0.3 is 10.2 Å². The van der Waals surface area contributed by atoms with Gasteiger partial charge in [-0.15, -0.1) is 0 Å². The highest BCUT2D eigenvalue weighted by Crippen LogP contribution is 2.40. The van der Waals surface area contributed by atoms with Crippen LogP contribution in [-0.2, 0) is 0 Å². The SMILES string of the molecule is CCSCCCN1CCCNC(C)(C2CC2)C1. The average Bonchev–Trinajstić information content (AvgIpc) is 3.12. The minimum atomic E-state index is 0.411. The molecule has 1 atom stereocenters. The fourth-order valence-corrected chi connectivity index (χ4v) is 3.62. The van der Waals surface area contributed by atoms with Gasteiger partial charge in [0.1, 0.15) is 0 Å². The second kappa shape index (κ2) is 6.44. The maximum atomic E-state index is 3.80. The van der Waals surface area contributed by atoms with Crippen molar-refractivity contribution < 1.29 is 0 Å². The van der Waals surface area contributed by atoms with Crippen LogP contribution in [0.4, 0.5) is 0 Å². The Morgan fingerprint density at radius 3 is 2.94 bits per heavy atom. The van der Waals surface area contributed by atoms with E-state index in [2.05, 4.69) is 35.8 Å². The Bertz CT molecular complexity index is 230. The zero-order chi connectivity index (χ0) is 12.1. The van der Waals surface area contributed by atoms with Crippen LogP contribution >= 0.6 is 11.8 Å². The van der Waals surface area contributed by atoms with E-state index in [1.165, 1.54) is 63.4 Å². The van der Waals surface area contributed by atoms with Crippen molar-refractivity contribution in [1.82, 2.24) is 10.2 Å². The molecule has 2 nitrogen and oxygen atoms in total. The van der Waals surface area contributed by atoms with E-state index in [-0.39, 0.29) is 0 Å². The Hall–Kier alpha value is 0.270. The molecule has 1 aliphatic carbocycles. The predicted molar refractivity (Wildman–Crippen MR) is 77.8 cm³/mol. The molecule has 17 heavy (non-hydrogen) atoms. The van der Waals surface area contributed by atoms with Crippen molar-refractivity contribution in [3.05, 3.63) is 0 Å². The summed E-state index contributed by atoms with van der Waals surface area (Å²) < 4.78 is 0. The lowest BCUT2D eigenvalue weighted by molar-refractivity contribution is 0.202. The third-order valence-corrected chi connectivity index (χ3v) is 5.16. The lowest BCUT2D eigenvalue weighted by atomic mass is 9.95. The summed E-state index contributed by atoms with van der Waals surface area (Å²) in [6, 6.07) is 0. The molecule has 2 aliphatic rings. The Morgan fingerprint density at radius 1 is 1.41 bits per heavy atom. The third-order valence-electron chi connectivity index (χ3n) is 4.18. The Labute approximate surface area is 111 Å². The van der Waals surface area contributed by atoms with Gasteiger partial charge in [0.15, 0.2) is 0 Å². The molecule has 1 heterocycles. The second-order valence-electron chi connectivity index (χ2n) is 5.80. The summed E-state index contributed by atoms with van der Waals surface area (Å²) in [4.78, 5) is 2.70. The monoisotopic (exact) mass is 256 g/mol. The van der Waals surface area contributed by atoms with Crippen LogP contribution in [0.25, 0.3) is 0 Å². The number of rotatable bonds is 6. The van der Waals surface area contributed by atoms with Crippen molar-refractivity contribution in [2.24, 2.45) is 5.92 Å². The molecule has 1 N–H and O–H groups in total. The molecule has 0 aromatic rings. The second-order valence-corrected chi connectivity index (χ2v) is 7.19. The van der Waals surface area contributed by atoms with E-state index in [4.69, 9.17) is 0 Å². The molecule has 0 aromatic heterocycles. The van der Waals surface area contributed by atoms with E-state index in [0.717, 1.165) is 5.92 Å². The van der Waals surface area contributed by atoms with Crippen LogP contribution in [0.3, 0.4) is 0 Å². The fraction of sp³-hybridized carbons (Fsp3) is 1.00. The number of nitrogens with one attached hydrogen (secondary N) is 1. The van der Waals surface area contributed by atoms with Crippen molar-refractivity contribution in [3.63, 3.8) is 0 Å². The largest absolute Gasteiger partial charge is 0.310 e. The van der Waals surface area contributed by atoms with Gasteiger partial charge in [-0.3, -0.25) is 0 Å². The maximum Gasteiger partial charge on any atom is 0.0308 e. The summed E-state index contributed by atoms with van der Waals surface area (Å²) in [7, 11) is 0. The zero-order valence-corrected chi connectivity index (χ0v) is 12.3. The van der Waals surface area contributed by atoms with Crippen molar-refractivity contribution in [3.8, 4) is 0 Å². The molecule has 0 aromatic carbocycles. The number of hydrogen-bond donors (Lipinski definition) is 1. The first-order valence-electron chi connectivity index (χ1n) is 7.30. The van der Waals surface area contributed by atoms with Gasteiger partial charge in [-0.2, -0.15) is 11.8 Å².